The van der Waals surface area contributed by atoms with Crippen LogP contribution in [-0.4, -0.2) is 100 Å². The molecule has 8 aromatic rings. The van der Waals surface area contributed by atoms with E-state index in [1.807, 2.05) is 111 Å². The first-order valence-corrected chi connectivity index (χ1v) is 32.7. The minimum atomic E-state index is -0.424. The number of nitrogens with two attached hydrogens (primary N) is 1. The number of rotatable bonds is 11. The predicted octanol–water partition coefficient (Wildman–Crippen LogP) is 15.0. The molecule has 4 aromatic heterocycles. The maximum absolute atomic E-state index is 11.1. The highest BCUT2D eigenvalue weighted by Gasteiger charge is 2.53. The molecule has 7 heterocycles. The lowest BCUT2D eigenvalue weighted by atomic mass is 9.84. The monoisotopic (exact) mass is 1420 g/mol. The van der Waals surface area contributed by atoms with Crippen LogP contribution in [0.1, 0.15) is 142 Å². The van der Waals surface area contributed by atoms with E-state index >= 15 is 0 Å². The number of benzene rings is 4. The van der Waals surface area contributed by atoms with Crippen LogP contribution in [0, 0.1) is 51.2 Å². The zero-order chi connectivity index (χ0) is 68.8. The van der Waals surface area contributed by atoms with Crippen molar-refractivity contribution in [2.45, 2.75) is 149 Å². The van der Waals surface area contributed by atoms with Gasteiger partial charge in [0.15, 0.2) is 6.23 Å². The number of esters is 1. The van der Waals surface area contributed by atoms with Gasteiger partial charge in [0.25, 0.3) is 0 Å². The summed E-state index contributed by atoms with van der Waals surface area (Å²) in [5.74, 6) is -0.260. The van der Waals surface area contributed by atoms with Gasteiger partial charge in [-0.15, -0.1) is 0 Å². The SMILES string of the molecule is CC1(C)OB(c2ccnn2C2CCCCO2)OC1(C)C.C[C@@H](CO)CC(=O)OC(C)(C)C.C[C@H](N)Cn1ccc(-c2ccc(C#N)c(Cl)c2)n1.N#Cc1ccc(-c2ccn[nH]2)cc1Cl.N#Cc1ccc(-c2ccnn2C2CCCCO2)cc1Cl.N#Cc1ccc(Br)cc1Cl. The van der Waals surface area contributed by atoms with Crippen LogP contribution >= 0.6 is 62.3 Å². The van der Waals surface area contributed by atoms with Crippen molar-refractivity contribution in [1.82, 2.24) is 39.5 Å². The Labute approximate surface area is 578 Å². The third kappa shape index (κ3) is 22.4. The topological polar surface area (TPSA) is 287 Å². The molecule has 3 saturated heterocycles. The van der Waals surface area contributed by atoms with Gasteiger partial charge in [0.1, 0.15) is 36.1 Å². The fourth-order valence-corrected chi connectivity index (χ4v) is 10.7. The van der Waals surface area contributed by atoms with Crippen molar-refractivity contribution < 1.29 is 33.4 Å². The number of hydrogen-bond acceptors (Lipinski definition) is 16. The summed E-state index contributed by atoms with van der Waals surface area (Å²) in [4.78, 5) is 11.1. The average Bonchev–Trinajstić information content (AvgIpc) is 1.66. The molecule has 494 valence electrons. The van der Waals surface area contributed by atoms with Crippen molar-refractivity contribution in [1.29, 1.82) is 21.0 Å². The second-order valence-corrected chi connectivity index (χ2v) is 26.7. The summed E-state index contributed by atoms with van der Waals surface area (Å²) in [5, 5.41) is 65.3. The Morgan fingerprint density at radius 2 is 1.21 bits per heavy atom. The Kier molecular flexibility index (Phi) is 28.9. The maximum Gasteiger partial charge on any atom is 0.514 e. The van der Waals surface area contributed by atoms with Gasteiger partial charge in [-0.3, -0.25) is 14.6 Å². The number of ether oxygens (including phenoxy) is 3. The van der Waals surface area contributed by atoms with E-state index in [1.165, 1.54) is 6.42 Å². The van der Waals surface area contributed by atoms with Gasteiger partial charge in [0, 0.05) is 71.8 Å². The molecule has 3 aliphatic heterocycles. The standard InChI is InChI=1S/C15H14ClN3O.C14H23BN2O3.C13H13ClN4.C10H6ClN3.C9H18O3.C7H3BrClN/c16-13-9-11(4-5-12(13)10-17)14-6-7-18-19(14)15-3-1-2-8-20-15;1-13(2)14(3,4)20-15(19-13)11-8-9-16-17(11)12-7-5-6-10-18-12;1-9(16)8-18-5-4-13(17-18)10-2-3-11(7-15)12(14)6-10;11-9-5-7(1-2-8(9)6-12)10-3-4-13-14-10;1-7(6-10)5-8(11)12-9(2,3)4;8-6-2-1-5(4-10)7(9)3-6/h4-7,9,15H,1-3,8H2;8-9,12H,5-7,10H2,1-4H3;2-6,9H,8,16H2,1H3;1-5H,(H,13,14);7,10H,5-6H2,1-4H3;1-3H/t;;9-;;7-;/m..0.1./s1. The van der Waals surface area contributed by atoms with E-state index < -0.39 is 5.60 Å². The largest absolute Gasteiger partial charge is 0.514 e. The summed E-state index contributed by atoms with van der Waals surface area (Å²) < 4.78 is 35.4. The van der Waals surface area contributed by atoms with Crippen molar-refractivity contribution in [3.8, 4) is 58.0 Å². The number of carbonyl (C=O) groups excluding carboxylic acids is 1. The molecule has 26 heteroatoms. The number of halogens is 5. The van der Waals surface area contributed by atoms with Gasteiger partial charge in [0.05, 0.1) is 89.2 Å². The van der Waals surface area contributed by atoms with Crippen LogP contribution in [0.3, 0.4) is 0 Å². The Hall–Kier alpha value is -7.39. The normalized spacial score (nSPS) is 16.6. The molecule has 4 atom stereocenters. The first-order chi connectivity index (χ1) is 44.7. The van der Waals surface area contributed by atoms with Gasteiger partial charge < -0.3 is 34.4 Å². The number of aliphatic hydroxyl groups is 1. The highest BCUT2D eigenvalue weighted by molar-refractivity contribution is 9.10. The van der Waals surface area contributed by atoms with Gasteiger partial charge >= 0.3 is 13.1 Å². The van der Waals surface area contributed by atoms with Crippen molar-refractivity contribution in [3.63, 3.8) is 0 Å². The van der Waals surface area contributed by atoms with Gasteiger partial charge in [-0.05, 0) is 179 Å². The number of nitrogens with zero attached hydrogens (tertiary/aromatic N) is 11. The van der Waals surface area contributed by atoms with Crippen LogP contribution in [0.4, 0.5) is 0 Å². The molecule has 0 amide bonds. The van der Waals surface area contributed by atoms with Crippen molar-refractivity contribution >= 4 is 81.0 Å². The second-order valence-electron chi connectivity index (χ2n) is 24.2. The molecule has 3 fully saturated rings. The highest BCUT2D eigenvalue weighted by atomic mass is 79.9. The van der Waals surface area contributed by atoms with Crippen LogP contribution in [0.5, 0.6) is 0 Å². The summed E-state index contributed by atoms with van der Waals surface area (Å²) in [6, 6.07) is 36.9. The second kappa shape index (κ2) is 35.9. The van der Waals surface area contributed by atoms with Gasteiger partial charge in [-0.1, -0.05) is 87.5 Å². The number of carbonyl (C=O) groups is 1. The lowest BCUT2D eigenvalue weighted by molar-refractivity contribution is -0.156. The van der Waals surface area contributed by atoms with Gasteiger partial charge in [0.2, 0.25) is 0 Å². The molecule has 3 aliphatic rings. The van der Waals surface area contributed by atoms with Crippen molar-refractivity contribution in [2.24, 2.45) is 11.7 Å². The molecule has 0 spiro atoms. The number of nitrogens with one attached hydrogen (secondary N) is 1. The molecule has 11 rings (SSSR count). The third-order valence-corrected chi connectivity index (χ3v) is 16.6. The fraction of sp³-hybridized carbons (Fsp3) is 0.397. The molecular formula is C68H77BBrCl4N13O7. The molecule has 4 aromatic carbocycles. The molecule has 20 nitrogen and oxygen atoms in total. The predicted molar refractivity (Wildman–Crippen MR) is 368 cm³/mol. The fourth-order valence-electron chi connectivity index (χ4n) is 9.27. The smallest absolute Gasteiger partial charge is 0.460 e. The van der Waals surface area contributed by atoms with E-state index in [4.69, 9.17) is 102 Å². The zero-order valence-electron chi connectivity index (χ0n) is 54.0. The Morgan fingerprint density at radius 3 is 1.70 bits per heavy atom. The number of hydrogen-bond donors (Lipinski definition) is 3. The number of H-pyrrole nitrogens is 1. The lowest BCUT2D eigenvalue weighted by Gasteiger charge is -2.32. The number of aromatic nitrogens is 8. The van der Waals surface area contributed by atoms with E-state index in [-0.39, 0.29) is 61.7 Å². The van der Waals surface area contributed by atoms with Crippen LogP contribution in [0.2, 0.25) is 20.1 Å². The van der Waals surface area contributed by atoms with E-state index in [2.05, 4.69) is 75.2 Å². The molecular weight excluding hydrogens is 1340 g/mol. The minimum absolute atomic E-state index is 0.00720. The van der Waals surface area contributed by atoms with E-state index in [0.29, 0.717) is 48.9 Å². The van der Waals surface area contributed by atoms with E-state index in [1.54, 1.807) is 77.9 Å². The zero-order valence-corrected chi connectivity index (χ0v) is 58.6. The summed E-state index contributed by atoms with van der Waals surface area (Å²) in [6.07, 6.45) is 13.9. The van der Waals surface area contributed by atoms with Crippen molar-refractivity contribution in [3.05, 3.63) is 169 Å². The summed E-state index contributed by atoms with van der Waals surface area (Å²) in [7, 11) is -0.381. The summed E-state index contributed by atoms with van der Waals surface area (Å²) in [5.41, 5.74) is 12.9. The van der Waals surface area contributed by atoms with Crippen LogP contribution in [-0.2, 0) is 34.9 Å². The van der Waals surface area contributed by atoms with Crippen LogP contribution in [0.15, 0.2) is 126 Å². The average molecular weight is 1420 g/mol. The van der Waals surface area contributed by atoms with Gasteiger partial charge in [-0.2, -0.15) is 41.4 Å². The molecule has 0 bridgehead atoms. The highest BCUT2D eigenvalue weighted by Crippen LogP contribution is 2.37. The van der Waals surface area contributed by atoms with Crippen LogP contribution < -0.4 is 11.3 Å². The van der Waals surface area contributed by atoms with E-state index in [9.17, 15) is 4.79 Å². The molecule has 94 heavy (non-hydrogen) atoms. The van der Waals surface area contributed by atoms with Gasteiger partial charge in [-0.25, -0.2) is 9.36 Å². The quantitative estimate of drug-likeness (QED) is 0.0801. The molecule has 0 radical (unpaired) electrons. The Balaban J connectivity index is 0.000000182. The van der Waals surface area contributed by atoms with Crippen molar-refractivity contribution in [2.75, 3.05) is 19.8 Å². The number of aromatic amines is 1. The van der Waals surface area contributed by atoms with E-state index in [0.717, 1.165) is 89.2 Å². The first kappa shape index (κ1) is 75.6. The number of nitriles is 4. The molecule has 0 aliphatic carbocycles. The Bertz CT molecular complexity index is 3910. The molecule has 4 N–H and O–H groups in total. The third-order valence-electron chi connectivity index (χ3n) is 14.8. The number of aliphatic hydroxyl groups excluding tert-OH is 1. The summed E-state index contributed by atoms with van der Waals surface area (Å²) >= 11 is 26.9. The first-order valence-electron chi connectivity index (χ1n) is 30.4. The minimum Gasteiger partial charge on any atom is -0.460 e. The summed E-state index contributed by atoms with van der Waals surface area (Å²) in [6.45, 7) is 19.7. The Morgan fingerprint density at radius 1 is 0.713 bits per heavy atom. The maximum atomic E-state index is 11.1. The molecule has 0 saturated carbocycles. The molecule has 2 unspecified atom stereocenters. The van der Waals surface area contributed by atoms with Crippen LogP contribution in [0.25, 0.3) is 33.8 Å². The lowest BCUT2D eigenvalue weighted by Crippen LogP contribution is -2.42.